The fourth-order valence-electron chi connectivity index (χ4n) is 5.58. The summed E-state index contributed by atoms with van der Waals surface area (Å²) < 4.78 is 0. The van der Waals surface area contributed by atoms with Crippen molar-refractivity contribution in [2.24, 2.45) is 22.9 Å². The monoisotopic (exact) mass is 684 g/mol. The summed E-state index contributed by atoms with van der Waals surface area (Å²) in [6.07, 6.45) is 2.94. The first-order chi connectivity index (χ1) is 23.5. The largest absolute Gasteiger partial charge is 0.508 e. The van der Waals surface area contributed by atoms with E-state index in [1.165, 1.54) is 12.1 Å². The molecule has 0 aromatic heterocycles. The highest BCUT2D eigenvalue weighted by atomic mass is 16.3. The van der Waals surface area contributed by atoms with Gasteiger partial charge in [-0.25, -0.2) is 0 Å². The van der Waals surface area contributed by atoms with Gasteiger partial charge in [0.2, 0.25) is 23.6 Å². The normalized spacial score (nSPS) is 19.4. The second-order valence-corrected chi connectivity index (χ2v) is 12.5. The maximum atomic E-state index is 13.9. The highest BCUT2D eigenvalue weighted by Gasteiger charge is 2.31. The van der Waals surface area contributed by atoms with Gasteiger partial charge in [-0.2, -0.15) is 0 Å². The van der Waals surface area contributed by atoms with E-state index in [1.54, 1.807) is 24.3 Å². The van der Waals surface area contributed by atoms with E-state index >= 15 is 0 Å². The Morgan fingerprint density at radius 1 is 0.857 bits per heavy atom. The van der Waals surface area contributed by atoms with E-state index < -0.39 is 47.8 Å². The van der Waals surface area contributed by atoms with Crippen LogP contribution in [-0.4, -0.2) is 95.4 Å². The molecule has 15 nitrogen and oxygen atoms in total. The molecule has 4 bridgehead atoms. The Labute approximate surface area is 286 Å². The molecule has 49 heavy (non-hydrogen) atoms. The maximum absolute atomic E-state index is 13.9. The molecule has 15 N–H and O–H groups in total. The van der Waals surface area contributed by atoms with Crippen LogP contribution in [-0.2, 0) is 32.0 Å². The number of aromatic hydroxyl groups is 2. The van der Waals surface area contributed by atoms with Crippen molar-refractivity contribution in [1.82, 2.24) is 21.3 Å². The average molecular weight is 685 g/mol. The van der Waals surface area contributed by atoms with Crippen molar-refractivity contribution in [2.75, 3.05) is 26.2 Å². The van der Waals surface area contributed by atoms with Gasteiger partial charge in [0, 0.05) is 25.4 Å². The summed E-state index contributed by atoms with van der Waals surface area (Å²) >= 11 is 0. The molecule has 0 spiro atoms. The van der Waals surface area contributed by atoms with Crippen molar-refractivity contribution in [3.8, 4) is 22.6 Å². The number of amides is 4. The van der Waals surface area contributed by atoms with Gasteiger partial charge in [0.05, 0.1) is 12.6 Å². The number of phenols is 2. The molecule has 0 unspecified atom stereocenters. The summed E-state index contributed by atoms with van der Waals surface area (Å²) in [5.74, 6) is -2.58. The fraction of sp³-hybridized carbons (Fsp3) is 0.529. The lowest BCUT2D eigenvalue weighted by Gasteiger charge is -2.26. The highest BCUT2D eigenvalue weighted by molar-refractivity contribution is 5.95. The van der Waals surface area contributed by atoms with Crippen LogP contribution in [0.1, 0.15) is 56.1 Å². The van der Waals surface area contributed by atoms with E-state index in [0.717, 1.165) is 0 Å². The molecule has 1 aliphatic heterocycles. The molecule has 0 saturated heterocycles. The summed E-state index contributed by atoms with van der Waals surface area (Å²) in [4.78, 5) is 54.0. The number of hydrogen-bond acceptors (Lipinski definition) is 11. The molecular formula is C34H52N8O7. The van der Waals surface area contributed by atoms with Crippen molar-refractivity contribution in [3.63, 3.8) is 0 Å². The molecule has 4 amide bonds. The van der Waals surface area contributed by atoms with Crippen LogP contribution in [0.3, 0.4) is 0 Å². The van der Waals surface area contributed by atoms with Crippen LogP contribution >= 0.6 is 0 Å². The van der Waals surface area contributed by atoms with Gasteiger partial charge < -0.3 is 59.5 Å². The molecule has 5 atom stereocenters. The number of carbonyl (C=O) groups is 4. The van der Waals surface area contributed by atoms with E-state index in [1.807, 2.05) is 0 Å². The average Bonchev–Trinajstić information content (AvgIpc) is 3.08. The number of unbranched alkanes of at least 4 members (excludes halogenated alkanes) is 1. The van der Waals surface area contributed by atoms with Gasteiger partial charge in [-0.05, 0) is 98.1 Å². The molecule has 2 aromatic rings. The lowest BCUT2D eigenvalue weighted by molar-refractivity contribution is -0.134. The smallest absolute Gasteiger partial charge is 0.243 e. The second-order valence-electron chi connectivity index (χ2n) is 12.5. The van der Waals surface area contributed by atoms with E-state index in [4.69, 9.17) is 28.0 Å². The fourth-order valence-corrected chi connectivity index (χ4v) is 5.58. The van der Waals surface area contributed by atoms with Gasteiger partial charge >= 0.3 is 0 Å². The number of hydrogen-bond donors (Lipinski definition) is 11. The van der Waals surface area contributed by atoms with Crippen LogP contribution < -0.4 is 44.2 Å². The molecule has 1 aliphatic rings. The number of aliphatic hydroxyl groups excluding tert-OH is 1. The first-order valence-electron chi connectivity index (χ1n) is 16.8. The summed E-state index contributed by atoms with van der Waals surface area (Å²) in [5.41, 5.74) is 25.4. The summed E-state index contributed by atoms with van der Waals surface area (Å²) in [6.45, 7) is 0.730. The maximum Gasteiger partial charge on any atom is 0.243 e. The third kappa shape index (κ3) is 12.0. The Balaban J connectivity index is 1.94. The van der Waals surface area contributed by atoms with Crippen molar-refractivity contribution < 1.29 is 34.5 Å². The number of benzene rings is 2. The third-order valence-corrected chi connectivity index (χ3v) is 8.52. The number of phenolic OH excluding ortho intramolecular Hbond substituents is 2. The molecule has 15 heteroatoms. The summed E-state index contributed by atoms with van der Waals surface area (Å²) in [5, 5.41) is 41.4. The Morgan fingerprint density at radius 3 is 2.10 bits per heavy atom. The van der Waals surface area contributed by atoms with Gasteiger partial charge in [-0.3, -0.25) is 19.2 Å². The lowest BCUT2D eigenvalue weighted by atomic mass is 9.95. The molecule has 0 aliphatic carbocycles. The van der Waals surface area contributed by atoms with Gasteiger partial charge in [-0.15, -0.1) is 0 Å². The topological polar surface area (TPSA) is 281 Å². The van der Waals surface area contributed by atoms with E-state index in [-0.39, 0.29) is 62.9 Å². The highest BCUT2D eigenvalue weighted by Crippen LogP contribution is 2.31. The Kier molecular flexibility index (Phi) is 15.7. The zero-order valence-electron chi connectivity index (χ0n) is 27.8. The number of carbonyl (C=O) groups excluding carboxylic acids is 4. The molecule has 1 heterocycles. The predicted octanol–water partition coefficient (Wildman–Crippen LogP) is -1.27. The van der Waals surface area contributed by atoms with Crippen LogP contribution in [0, 0.1) is 0 Å². The van der Waals surface area contributed by atoms with E-state index in [9.17, 15) is 29.4 Å². The van der Waals surface area contributed by atoms with Crippen LogP contribution in [0.2, 0.25) is 0 Å². The SMILES string of the molecule is NCCC[C@H](NC(=O)[C@@H]1Cc2cc(ccc2O)-c2ccc(O)c(c2)C[C@H](N)C(=O)N[C@@H](CCCN)C(=O)N1)C(=O)NCCCC[C@@H](N)CO. The number of fused-ring (bicyclic) bond motifs is 5. The summed E-state index contributed by atoms with van der Waals surface area (Å²) in [6, 6.07) is 4.90. The number of rotatable bonds is 15. The van der Waals surface area contributed by atoms with Crippen LogP contribution in [0.15, 0.2) is 36.4 Å². The van der Waals surface area contributed by atoms with Gasteiger partial charge in [0.25, 0.3) is 0 Å². The molecule has 270 valence electrons. The predicted molar refractivity (Wildman–Crippen MR) is 185 cm³/mol. The van der Waals surface area contributed by atoms with Crippen LogP contribution in [0.4, 0.5) is 0 Å². The van der Waals surface area contributed by atoms with Gasteiger partial charge in [-0.1, -0.05) is 18.6 Å². The van der Waals surface area contributed by atoms with Crippen LogP contribution in [0.5, 0.6) is 11.5 Å². The minimum atomic E-state index is -1.27. The number of aliphatic hydroxyl groups is 1. The van der Waals surface area contributed by atoms with Crippen molar-refractivity contribution in [2.45, 2.75) is 88.0 Å². The molecular weight excluding hydrogens is 632 g/mol. The Bertz CT molecular complexity index is 1420. The standard InChI is InChI=1S/C34H52N8O7/c35-12-3-6-26(32(47)39-14-2-1-5-24(37)19-43)41-34(49)28-18-23-16-21(9-11-30(23)45)20-8-10-29(44)22(15-20)17-25(38)31(46)40-27(7-4-13-36)33(48)42-28/h8-11,15-16,24-28,43-45H,1-7,12-14,17-19,35-38H2,(H,39,47)(H,40,46)(H,41,49)(H,42,48)/t24-,25+,26+,27+,28+/m1/s1. The second kappa shape index (κ2) is 19.7. The number of nitrogens with one attached hydrogen (secondary N) is 4. The first-order valence-corrected chi connectivity index (χ1v) is 16.8. The van der Waals surface area contributed by atoms with E-state index in [0.29, 0.717) is 60.9 Å². The van der Waals surface area contributed by atoms with Crippen molar-refractivity contribution in [3.05, 3.63) is 47.5 Å². The van der Waals surface area contributed by atoms with E-state index in [2.05, 4.69) is 21.3 Å². The molecule has 3 rings (SSSR count). The molecule has 2 aromatic carbocycles. The molecule has 0 radical (unpaired) electrons. The Hall–Kier alpha value is -4.28. The minimum Gasteiger partial charge on any atom is -0.508 e. The number of nitrogens with two attached hydrogens (primary N) is 4. The molecule has 0 fully saturated rings. The Morgan fingerprint density at radius 2 is 1.49 bits per heavy atom. The quantitative estimate of drug-likeness (QED) is 0.0984. The van der Waals surface area contributed by atoms with Crippen molar-refractivity contribution in [1.29, 1.82) is 0 Å². The molecule has 0 saturated carbocycles. The van der Waals surface area contributed by atoms with Crippen molar-refractivity contribution >= 4 is 23.6 Å². The summed E-state index contributed by atoms with van der Waals surface area (Å²) in [7, 11) is 0. The third-order valence-electron chi connectivity index (χ3n) is 8.52. The first kappa shape index (κ1) is 39.2. The zero-order chi connectivity index (χ0) is 35.9. The zero-order valence-corrected chi connectivity index (χ0v) is 27.8. The minimum absolute atomic E-state index is 0.0187. The van der Waals surface area contributed by atoms with Gasteiger partial charge in [0.15, 0.2) is 0 Å². The lowest BCUT2D eigenvalue weighted by Crippen LogP contribution is -2.58. The van der Waals surface area contributed by atoms with Crippen LogP contribution in [0.25, 0.3) is 11.1 Å². The van der Waals surface area contributed by atoms with Gasteiger partial charge in [0.1, 0.15) is 29.6 Å².